The molecule has 1 saturated heterocycles. The molecule has 118 valence electrons. The van der Waals surface area contributed by atoms with Gasteiger partial charge in [0.1, 0.15) is 0 Å². The molecule has 1 fully saturated rings. The van der Waals surface area contributed by atoms with Crippen LogP contribution in [0.2, 0.25) is 0 Å². The molecular weight excluding hydrogens is 274 g/mol. The average Bonchev–Trinajstić information content (AvgIpc) is 3.19. The number of aromatic nitrogens is 4. The van der Waals surface area contributed by atoms with Gasteiger partial charge >= 0.3 is 0 Å². The summed E-state index contributed by atoms with van der Waals surface area (Å²) in [6, 6.07) is 10.9. The third-order valence-corrected chi connectivity index (χ3v) is 4.44. The Labute approximate surface area is 132 Å². The van der Waals surface area contributed by atoms with Crippen LogP contribution in [-0.2, 0) is 13.0 Å². The standard InChI is InChI=1S/C17H25N5/c1-14(2)16(21-11-6-7-12-21)17-18-19-20-22(17)13-10-15-8-4-3-5-9-15/h3-5,8-9,14,16H,6-7,10-13H2,1-2H3. The Morgan fingerprint density at radius 1 is 1.09 bits per heavy atom. The molecule has 1 aromatic carbocycles. The third kappa shape index (κ3) is 3.35. The maximum absolute atomic E-state index is 4.35. The molecule has 1 unspecified atom stereocenters. The minimum atomic E-state index is 0.327. The SMILES string of the molecule is CC(C)C(c1nnnn1CCc1ccccc1)N1CCCC1. The molecule has 0 bridgehead atoms. The summed E-state index contributed by atoms with van der Waals surface area (Å²) in [6.45, 7) is 7.69. The van der Waals surface area contributed by atoms with E-state index >= 15 is 0 Å². The second-order valence-electron chi connectivity index (χ2n) is 6.43. The van der Waals surface area contributed by atoms with Crippen LogP contribution < -0.4 is 0 Å². The predicted octanol–water partition coefficient (Wildman–Crippen LogP) is 2.71. The van der Waals surface area contributed by atoms with E-state index in [1.165, 1.54) is 18.4 Å². The molecule has 0 amide bonds. The quantitative estimate of drug-likeness (QED) is 0.823. The van der Waals surface area contributed by atoms with E-state index in [1.807, 2.05) is 10.7 Å². The fourth-order valence-electron chi connectivity index (χ4n) is 3.37. The van der Waals surface area contributed by atoms with Crippen LogP contribution in [0.4, 0.5) is 0 Å². The van der Waals surface area contributed by atoms with Crippen molar-refractivity contribution in [1.29, 1.82) is 0 Å². The van der Waals surface area contributed by atoms with Crippen LogP contribution in [0.3, 0.4) is 0 Å². The minimum Gasteiger partial charge on any atom is -0.293 e. The van der Waals surface area contributed by atoms with E-state index in [1.54, 1.807) is 0 Å². The van der Waals surface area contributed by atoms with Gasteiger partial charge in [-0.15, -0.1) is 5.10 Å². The van der Waals surface area contributed by atoms with Crippen LogP contribution in [0.1, 0.15) is 44.1 Å². The van der Waals surface area contributed by atoms with Crippen molar-refractivity contribution in [2.45, 2.75) is 45.7 Å². The molecule has 22 heavy (non-hydrogen) atoms. The van der Waals surface area contributed by atoms with Crippen molar-refractivity contribution in [2.24, 2.45) is 5.92 Å². The number of hydrogen-bond donors (Lipinski definition) is 0. The number of benzene rings is 1. The number of tetrazole rings is 1. The Balaban J connectivity index is 1.75. The van der Waals surface area contributed by atoms with Gasteiger partial charge in [-0.3, -0.25) is 4.90 Å². The maximum Gasteiger partial charge on any atom is 0.168 e. The fraction of sp³-hybridized carbons (Fsp3) is 0.588. The lowest BCUT2D eigenvalue weighted by Gasteiger charge is -2.29. The lowest BCUT2D eigenvalue weighted by atomic mass is 10.0. The van der Waals surface area contributed by atoms with Gasteiger partial charge in [-0.2, -0.15) is 0 Å². The molecule has 5 nitrogen and oxygen atoms in total. The fourth-order valence-corrected chi connectivity index (χ4v) is 3.37. The van der Waals surface area contributed by atoms with Crippen molar-refractivity contribution in [3.63, 3.8) is 0 Å². The molecule has 2 aromatic rings. The van der Waals surface area contributed by atoms with E-state index in [-0.39, 0.29) is 0 Å². The van der Waals surface area contributed by atoms with Crippen LogP contribution >= 0.6 is 0 Å². The zero-order valence-electron chi connectivity index (χ0n) is 13.5. The topological polar surface area (TPSA) is 46.8 Å². The highest BCUT2D eigenvalue weighted by Crippen LogP contribution is 2.29. The van der Waals surface area contributed by atoms with Gasteiger partial charge in [0.15, 0.2) is 5.82 Å². The molecule has 1 atom stereocenters. The zero-order chi connectivity index (χ0) is 15.4. The first-order valence-corrected chi connectivity index (χ1v) is 8.30. The summed E-state index contributed by atoms with van der Waals surface area (Å²) in [5.74, 6) is 1.53. The van der Waals surface area contributed by atoms with E-state index in [4.69, 9.17) is 0 Å². The smallest absolute Gasteiger partial charge is 0.168 e. The summed E-state index contributed by atoms with van der Waals surface area (Å²) in [5, 5.41) is 12.5. The van der Waals surface area contributed by atoms with Crippen LogP contribution in [0.25, 0.3) is 0 Å². The largest absolute Gasteiger partial charge is 0.293 e. The van der Waals surface area contributed by atoms with Gasteiger partial charge in [0.25, 0.3) is 0 Å². The molecule has 0 N–H and O–H groups in total. The molecule has 0 saturated carbocycles. The zero-order valence-corrected chi connectivity index (χ0v) is 13.5. The first-order valence-electron chi connectivity index (χ1n) is 8.30. The lowest BCUT2D eigenvalue weighted by molar-refractivity contribution is 0.177. The van der Waals surface area contributed by atoms with Crippen LogP contribution in [-0.4, -0.2) is 38.2 Å². The summed E-state index contributed by atoms with van der Waals surface area (Å²) in [7, 11) is 0. The van der Waals surface area contributed by atoms with Gasteiger partial charge in [-0.25, -0.2) is 4.68 Å². The number of nitrogens with zero attached hydrogens (tertiary/aromatic N) is 5. The molecule has 1 aliphatic heterocycles. The minimum absolute atomic E-state index is 0.327. The second kappa shape index (κ2) is 7.01. The summed E-state index contributed by atoms with van der Waals surface area (Å²) in [5.41, 5.74) is 1.33. The van der Waals surface area contributed by atoms with Crippen LogP contribution in [0, 0.1) is 5.92 Å². The highest BCUT2D eigenvalue weighted by Gasteiger charge is 2.30. The van der Waals surface area contributed by atoms with Crippen molar-refractivity contribution in [2.75, 3.05) is 13.1 Å². The van der Waals surface area contributed by atoms with Gasteiger partial charge < -0.3 is 0 Å². The lowest BCUT2D eigenvalue weighted by Crippen LogP contribution is -2.32. The molecule has 0 aliphatic carbocycles. The summed E-state index contributed by atoms with van der Waals surface area (Å²) in [6.07, 6.45) is 3.54. The highest BCUT2D eigenvalue weighted by molar-refractivity contribution is 5.14. The van der Waals surface area contributed by atoms with Crippen molar-refractivity contribution in [3.05, 3.63) is 41.7 Å². The highest BCUT2D eigenvalue weighted by atomic mass is 15.5. The van der Waals surface area contributed by atoms with E-state index in [9.17, 15) is 0 Å². The van der Waals surface area contributed by atoms with E-state index < -0.39 is 0 Å². The Bertz CT molecular complexity index is 572. The van der Waals surface area contributed by atoms with Crippen molar-refractivity contribution >= 4 is 0 Å². The summed E-state index contributed by atoms with van der Waals surface area (Å²) >= 11 is 0. The molecule has 1 aliphatic rings. The maximum atomic E-state index is 4.35. The molecular formula is C17H25N5. The molecule has 0 spiro atoms. The summed E-state index contributed by atoms with van der Waals surface area (Å²) < 4.78 is 2.00. The first kappa shape index (κ1) is 15.2. The summed E-state index contributed by atoms with van der Waals surface area (Å²) in [4.78, 5) is 2.54. The molecule has 0 radical (unpaired) electrons. The van der Waals surface area contributed by atoms with E-state index in [2.05, 4.69) is 58.5 Å². The number of likely N-dealkylation sites (tertiary alicyclic amines) is 1. The van der Waals surface area contributed by atoms with Gasteiger partial charge in [0.05, 0.1) is 6.04 Å². The van der Waals surface area contributed by atoms with Crippen LogP contribution in [0.5, 0.6) is 0 Å². The first-order chi connectivity index (χ1) is 10.8. The van der Waals surface area contributed by atoms with Gasteiger partial charge in [0, 0.05) is 6.54 Å². The predicted molar refractivity (Wildman–Crippen MR) is 86.3 cm³/mol. The normalized spacial score (nSPS) is 17.2. The van der Waals surface area contributed by atoms with Crippen molar-refractivity contribution < 1.29 is 0 Å². The molecule has 5 heteroatoms. The van der Waals surface area contributed by atoms with Gasteiger partial charge in [0.2, 0.25) is 0 Å². The molecule has 2 heterocycles. The van der Waals surface area contributed by atoms with Gasteiger partial charge in [-0.1, -0.05) is 44.2 Å². The number of rotatable bonds is 6. The van der Waals surface area contributed by atoms with Crippen molar-refractivity contribution in [1.82, 2.24) is 25.1 Å². The van der Waals surface area contributed by atoms with Crippen molar-refractivity contribution in [3.8, 4) is 0 Å². The Morgan fingerprint density at radius 3 is 2.50 bits per heavy atom. The Hall–Kier alpha value is -1.75. The van der Waals surface area contributed by atoms with Gasteiger partial charge in [-0.05, 0) is 54.3 Å². The Kier molecular flexibility index (Phi) is 4.83. The number of aryl methyl sites for hydroxylation is 2. The second-order valence-corrected chi connectivity index (χ2v) is 6.43. The third-order valence-electron chi connectivity index (χ3n) is 4.44. The Morgan fingerprint density at radius 2 is 1.82 bits per heavy atom. The number of hydrogen-bond acceptors (Lipinski definition) is 4. The van der Waals surface area contributed by atoms with Crippen LogP contribution in [0.15, 0.2) is 30.3 Å². The monoisotopic (exact) mass is 299 g/mol. The molecule has 1 aromatic heterocycles. The van der Waals surface area contributed by atoms with E-state index in [0.717, 1.165) is 31.9 Å². The van der Waals surface area contributed by atoms with E-state index in [0.29, 0.717) is 12.0 Å². The molecule has 3 rings (SSSR count). The average molecular weight is 299 g/mol.